The van der Waals surface area contributed by atoms with Crippen LogP contribution < -0.4 is 10.6 Å². The smallest absolute Gasteiger partial charge is 0.192 e. The molecule has 0 aromatic carbocycles. The predicted molar refractivity (Wildman–Crippen MR) is 112 cm³/mol. The van der Waals surface area contributed by atoms with Crippen LogP contribution in [0.25, 0.3) is 0 Å². The molecular formula is C16H25IN4S2. The zero-order valence-electron chi connectivity index (χ0n) is 14.0. The van der Waals surface area contributed by atoms with Gasteiger partial charge in [-0.05, 0) is 25.3 Å². The minimum absolute atomic E-state index is 0. The summed E-state index contributed by atoms with van der Waals surface area (Å²) in [6.07, 6.45) is 0. The number of nitrogens with zero attached hydrogens (tertiary/aromatic N) is 2. The molecule has 0 saturated carbocycles. The van der Waals surface area contributed by atoms with E-state index in [2.05, 4.69) is 71.2 Å². The molecule has 0 aliphatic rings. The van der Waals surface area contributed by atoms with Crippen molar-refractivity contribution in [3.8, 4) is 0 Å². The van der Waals surface area contributed by atoms with Crippen molar-refractivity contribution >= 4 is 52.6 Å². The van der Waals surface area contributed by atoms with Gasteiger partial charge in [-0.2, -0.15) is 0 Å². The number of nitrogens with one attached hydrogen (secondary N) is 2. The second-order valence-corrected chi connectivity index (χ2v) is 7.28. The fourth-order valence-electron chi connectivity index (χ4n) is 1.95. The molecule has 2 N–H and O–H groups in total. The minimum atomic E-state index is 0. The van der Waals surface area contributed by atoms with Gasteiger partial charge in [0.05, 0.1) is 23.3 Å². The van der Waals surface area contributed by atoms with Crippen molar-refractivity contribution in [2.45, 2.75) is 46.2 Å². The fourth-order valence-corrected chi connectivity index (χ4v) is 3.51. The molecule has 0 fully saturated rings. The Kier molecular flexibility index (Phi) is 9.08. The molecule has 7 heteroatoms. The van der Waals surface area contributed by atoms with Crippen molar-refractivity contribution < 1.29 is 0 Å². The van der Waals surface area contributed by atoms with Gasteiger partial charge in [-0.15, -0.1) is 46.7 Å². The van der Waals surface area contributed by atoms with E-state index in [0.29, 0.717) is 12.5 Å². The maximum absolute atomic E-state index is 4.65. The predicted octanol–water partition coefficient (Wildman–Crippen LogP) is 4.76. The average molecular weight is 464 g/mol. The molecule has 2 aromatic heterocycles. The highest BCUT2D eigenvalue weighted by Crippen LogP contribution is 2.20. The summed E-state index contributed by atoms with van der Waals surface area (Å²) in [5.74, 6) is 1.32. The summed E-state index contributed by atoms with van der Waals surface area (Å²) >= 11 is 3.47. The average Bonchev–Trinajstić information content (AvgIpc) is 3.16. The van der Waals surface area contributed by atoms with E-state index in [4.69, 9.17) is 0 Å². The first-order valence-electron chi connectivity index (χ1n) is 7.62. The number of aromatic nitrogens is 1. The molecule has 1 atom stereocenters. The Morgan fingerprint density at radius 3 is 2.65 bits per heavy atom. The highest BCUT2D eigenvalue weighted by atomic mass is 127. The largest absolute Gasteiger partial charge is 0.357 e. The van der Waals surface area contributed by atoms with Gasteiger partial charge < -0.3 is 10.6 Å². The number of thiophene rings is 1. The van der Waals surface area contributed by atoms with E-state index >= 15 is 0 Å². The Balaban J connectivity index is 0.00000264. The summed E-state index contributed by atoms with van der Waals surface area (Å²) < 4.78 is 0. The molecule has 2 rings (SSSR count). The van der Waals surface area contributed by atoms with Crippen molar-refractivity contribution in [2.24, 2.45) is 4.99 Å². The Bertz CT molecular complexity index is 593. The van der Waals surface area contributed by atoms with Gasteiger partial charge >= 0.3 is 0 Å². The quantitative estimate of drug-likeness (QED) is 0.368. The van der Waals surface area contributed by atoms with Gasteiger partial charge in [0, 0.05) is 22.7 Å². The number of aliphatic imine (C=N–C) groups is 1. The van der Waals surface area contributed by atoms with Crippen LogP contribution >= 0.6 is 46.7 Å². The first-order valence-corrected chi connectivity index (χ1v) is 9.38. The number of thiazole rings is 1. The van der Waals surface area contributed by atoms with Gasteiger partial charge in [-0.1, -0.05) is 19.9 Å². The van der Waals surface area contributed by atoms with E-state index in [9.17, 15) is 0 Å². The highest BCUT2D eigenvalue weighted by Gasteiger charge is 2.09. The lowest BCUT2D eigenvalue weighted by atomic mass is 10.2. The number of guanidine groups is 1. The first kappa shape index (κ1) is 20.4. The van der Waals surface area contributed by atoms with Crippen LogP contribution in [-0.2, 0) is 6.54 Å². The van der Waals surface area contributed by atoms with E-state index in [1.807, 2.05) is 0 Å². The van der Waals surface area contributed by atoms with Crippen molar-refractivity contribution in [1.29, 1.82) is 0 Å². The van der Waals surface area contributed by atoms with E-state index in [1.165, 1.54) is 9.88 Å². The maximum atomic E-state index is 4.65. The Hall–Kier alpha value is -0.670. The monoisotopic (exact) mass is 464 g/mol. The third-order valence-corrected chi connectivity index (χ3v) is 5.38. The molecule has 128 valence electrons. The Morgan fingerprint density at radius 2 is 2.09 bits per heavy atom. The number of rotatable bonds is 6. The number of hydrogen-bond donors (Lipinski definition) is 2. The van der Waals surface area contributed by atoms with E-state index < -0.39 is 0 Å². The molecule has 0 bridgehead atoms. The molecule has 0 amide bonds. The fraction of sp³-hybridized carbons (Fsp3) is 0.500. The molecule has 4 nitrogen and oxygen atoms in total. The van der Waals surface area contributed by atoms with Gasteiger partial charge in [0.15, 0.2) is 5.96 Å². The van der Waals surface area contributed by atoms with Crippen LogP contribution in [0.5, 0.6) is 0 Å². The Labute approximate surface area is 163 Å². The molecule has 23 heavy (non-hydrogen) atoms. The van der Waals surface area contributed by atoms with Gasteiger partial charge in [0.1, 0.15) is 0 Å². The number of halogens is 1. The van der Waals surface area contributed by atoms with Crippen LogP contribution in [0.4, 0.5) is 0 Å². The van der Waals surface area contributed by atoms with Crippen molar-refractivity contribution in [3.63, 3.8) is 0 Å². The molecule has 1 unspecified atom stereocenters. The molecule has 0 saturated heterocycles. The summed E-state index contributed by atoms with van der Waals surface area (Å²) in [5, 5.41) is 12.1. The van der Waals surface area contributed by atoms with Crippen LogP contribution in [0.3, 0.4) is 0 Å². The number of hydrogen-bond acceptors (Lipinski definition) is 4. The van der Waals surface area contributed by atoms with Crippen LogP contribution in [-0.4, -0.2) is 17.5 Å². The topological polar surface area (TPSA) is 49.3 Å². The van der Waals surface area contributed by atoms with Crippen LogP contribution in [0.2, 0.25) is 0 Å². The highest BCUT2D eigenvalue weighted by molar-refractivity contribution is 14.0. The lowest BCUT2D eigenvalue weighted by Crippen LogP contribution is -2.38. The van der Waals surface area contributed by atoms with Crippen molar-refractivity contribution in [2.75, 3.05) is 6.54 Å². The molecule has 2 heterocycles. The first-order chi connectivity index (χ1) is 10.6. The van der Waals surface area contributed by atoms with Gasteiger partial charge in [0.25, 0.3) is 0 Å². The summed E-state index contributed by atoms with van der Waals surface area (Å²) in [4.78, 5) is 10.6. The Morgan fingerprint density at radius 1 is 1.30 bits per heavy atom. The zero-order valence-corrected chi connectivity index (χ0v) is 18.0. The maximum Gasteiger partial charge on any atom is 0.192 e. The van der Waals surface area contributed by atoms with Gasteiger partial charge in [-0.25, -0.2) is 9.98 Å². The second kappa shape index (κ2) is 10.2. The summed E-state index contributed by atoms with van der Waals surface area (Å²) in [7, 11) is 0. The zero-order chi connectivity index (χ0) is 15.9. The SMILES string of the molecule is CCNC(=NCc1csc(C(C)C)n1)NC(C)c1cccs1.I. The summed E-state index contributed by atoms with van der Waals surface area (Å²) in [6.45, 7) is 10.0. The molecular weight excluding hydrogens is 439 g/mol. The van der Waals surface area contributed by atoms with Gasteiger partial charge in [0.2, 0.25) is 0 Å². The normalized spacial score (nSPS) is 12.8. The second-order valence-electron chi connectivity index (χ2n) is 5.41. The van der Waals surface area contributed by atoms with Crippen LogP contribution in [0.1, 0.15) is 55.2 Å². The lowest BCUT2D eigenvalue weighted by molar-refractivity contribution is 0.697. The van der Waals surface area contributed by atoms with Crippen molar-refractivity contribution in [1.82, 2.24) is 15.6 Å². The molecule has 0 radical (unpaired) electrons. The summed E-state index contributed by atoms with van der Waals surface area (Å²) in [5.41, 5.74) is 1.04. The third-order valence-electron chi connectivity index (χ3n) is 3.13. The van der Waals surface area contributed by atoms with E-state index in [1.54, 1.807) is 22.7 Å². The lowest BCUT2D eigenvalue weighted by Gasteiger charge is -2.16. The molecule has 0 aliphatic heterocycles. The van der Waals surface area contributed by atoms with Crippen LogP contribution in [0, 0.1) is 0 Å². The third kappa shape index (κ3) is 6.39. The van der Waals surface area contributed by atoms with Crippen molar-refractivity contribution in [3.05, 3.63) is 38.5 Å². The van der Waals surface area contributed by atoms with E-state index in [-0.39, 0.29) is 30.0 Å². The van der Waals surface area contributed by atoms with Crippen LogP contribution in [0.15, 0.2) is 27.9 Å². The van der Waals surface area contributed by atoms with Gasteiger partial charge in [-0.3, -0.25) is 0 Å². The minimum Gasteiger partial charge on any atom is -0.357 e. The molecule has 0 aliphatic carbocycles. The molecule has 0 spiro atoms. The standard InChI is InChI=1S/C16H24N4S2.HI/c1-5-17-16(19-12(4)14-7-6-8-21-14)18-9-13-10-22-15(20-13)11(2)3;/h6-8,10-12H,5,9H2,1-4H3,(H2,17,18,19);1H. The summed E-state index contributed by atoms with van der Waals surface area (Å²) in [6, 6.07) is 4.46. The van der Waals surface area contributed by atoms with E-state index in [0.717, 1.165) is 18.2 Å². The molecule has 2 aromatic rings.